The number of allylic oxidation sites excluding steroid dienone is 2. The highest BCUT2D eigenvalue weighted by Crippen LogP contribution is 2.36. The maximum Gasteiger partial charge on any atom is 0.324 e. The summed E-state index contributed by atoms with van der Waals surface area (Å²) in [6, 6.07) is 38.5. The van der Waals surface area contributed by atoms with Gasteiger partial charge in [0.05, 0.1) is 12.7 Å². The molecule has 1 unspecified atom stereocenters. The second-order valence-corrected chi connectivity index (χ2v) is 20.1. The number of hydrogen-bond donors (Lipinski definition) is 0. The van der Waals surface area contributed by atoms with Crippen LogP contribution in [-0.2, 0) is 9.53 Å². The Kier molecular flexibility index (Phi) is 28.7. The van der Waals surface area contributed by atoms with Crippen LogP contribution in [0.4, 0.5) is 22.7 Å². The van der Waals surface area contributed by atoms with Crippen molar-refractivity contribution in [1.82, 2.24) is 0 Å². The van der Waals surface area contributed by atoms with E-state index >= 15 is 0 Å². The zero-order valence-electron chi connectivity index (χ0n) is 47.3. The van der Waals surface area contributed by atoms with Gasteiger partial charge in [0.15, 0.2) is 5.92 Å². The first-order valence-electron chi connectivity index (χ1n) is 29.1. The predicted octanol–water partition coefficient (Wildman–Crippen LogP) is 17.2. The van der Waals surface area contributed by atoms with Gasteiger partial charge in [0, 0.05) is 81.0 Å². The number of esters is 1. The van der Waals surface area contributed by atoms with Gasteiger partial charge < -0.3 is 24.3 Å². The fourth-order valence-electron chi connectivity index (χ4n) is 9.55. The third-order valence-electron chi connectivity index (χ3n) is 14.2. The molecule has 7 heteroatoms. The monoisotopic (exact) mass is 992 g/mol. The van der Waals surface area contributed by atoms with Crippen molar-refractivity contribution in [2.45, 2.75) is 165 Å². The lowest BCUT2D eigenvalue weighted by Crippen LogP contribution is -2.25. The van der Waals surface area contributed by atoms with Crippen molar-refractivity contribution in [3.8, 4) is 6.07 Å². The molecule has 7 nitrogen and oxygen atoms in total. The average molecular weight is 993 g/mol. The molecule has 0 radical (unpaired) electrons. The minimum absolute atomic E-state index is 0.195. The summed E-state index contributed by atoms with van der Waals surface area (Å²) in [4.78, 5) is 24.3. The van der Waals surface area contributed by atoms with Gasteiger partial charge >= 0.3 is 5.97 Å². The molecule has 4 aromatic rings. The van der Waals surface area contributed by atoms with Gasteiger partial charge in [-0.3, -0.25) is 4.79 Å². The van der Waals surface area contributed by atoms with Crippen molar-refractivity contribution in [1.29, 1.82) is 5.26 Å². The first-order chi connectivity index (χ1) is 35.7. The van der Waals surface area contributed by atoms with Crippen LogP contribution in [0.2, 0.25) is 0 Å². The lowest BCUT2D eigenvalue weighted by atomic mass is 9.84. The summed E-state index contributed by atoms with van der Waals surface area (Å²) < 4.78 is 5.75. The summed E-state index contributed by atoms with van der Waals surface area (Å²) in [5, 5.41) is 11.1. The highest BCUT2D eigenvalue weighted by Gasteiger charge is 2.29. The van der Waals surface area contributed by atoms with Crippen LogP contribution in [0, 0.1) is 23.2 Å². The first-order valence-corrected chi connectivity index (χ1v) is 29.1. The molecule has 0 saturated carbocycles. The second kappa shape index (κ2) is 34.9. The van der Waals surface area contributed by atoms with Gasteiger partial charge in [-0.05, 0) is 140 Å². The second-order valence-electron chi connectivity index (χ2n) is 20.1. The van der Waals surface area contributed by atoms with E-state index in [0.29, 0.717) is 0 Å². The van der Waals surface area contributed by atoms with Crippen molar-refractivity contribution in [3.63, 3.8) is 0 Å². The standard InChI is InChI=1S/C66H97N5O2/c1-10-19-43-68(44-20-11-2)59-35-27-54(28-36-59)63(55-29-37-60(38-30-55)69(45-21-12-3)46-22-13-4)51-58(65(53-67)66(72)73-18-9)52-64(56-31-39-61(40-32-56)70(47-23-14-5)48-24-15-6)57-33-41-62(42-34-57)71(49-25-16-7)50-26-17-8/h27-42,51-52,58,65H,10-26,43-50H2,1-9H3. The molecule has 73 heavy (non-hydrogen) atoms. The molecule has 0 heterocycles. The predicted molar refractivity (Wildman–Crippen MR) is 317 cm³/mol. The van der Waals surface area contributed by atoms with Crippen molar-refractivity contribution >= 4 is 39.9 Å². The van der Waals surface area contributed by atoms with Gasteiger partial charge in [0.25, 0.3) is 0 Å². The Morgan fingerprint density at radius 2 is 0.630 bits per heavy atom. The average Bonchev–Trinajstić information content (AvgIpc) is 3.42. The number of unbranched alkanes of at least 4 members (excludes halogenated alkanes) is 8. The van der Waals surface area contributed by atoms with Crippen LogP contribution in [-0.4, -0.2) is 64.9 Å². The quantitative estimate of drug-likeness (QED) is 0.0417. The fourth-order valence-corrected chi connectivity index (χ4v) is 9.55. The zero-order valence-corrected chi connectivity index (χ0v) is 47.3. The topological polar surface area (TPSA) is 63.1 Å². The number of rotatable bonds is 37. The van der Waals surface area contributed by atoms with E-state index in [4.69, 9.17) is 4.74 Å². The molecule has 0 aliphatic heterocycles. The molecule has 0 spiro atoms. The Labute approximate surface area is 445 Å². The fraction of sp³-hybridized carbons (Fsp3) is 0.545. The Morgan fingerprint density at radius 1 is 0.411 bits per heavy atom. The molecule has 0 aliphatic rings. The number of nitriles is 1. The largest absolute Gasteiger partial charge is 0.465 e. The van der Waals surface area contributed by atoms with E-state index in [-0.39, 0.29) is 6.61 Å². The van der Waals surface area contributed by atoms with Crippen LogP contribution >= 0.6 is 0 Å². The Bertz CT molecular complexity index is 1900. The number of benzene rings is 4. The molecule has 4 aromatic carbocycles. The molecule has 398 valence electrons. The van der Waals surface area contributed by atoms with Gasteiger partial charge in [-0.25, -0.2) is 0 Å². The van der Waals surface area contributed by atoms with E-state index in [9.17, 15) is 10.1 Å². The third kappa shape index (κ3) is 19.4. The number of nitrogens with zero attached hydrogens (tertiary/aromatic N) is 5. The molecule has 0 saturated heterocycles. The number of carbonyl (C=O) groups excluding carboxylic acids is 1. The Balaban J connectivity index is 2.05. The van der Waals surface area contributed by atoms with Crippen LogP contribution in [0.15, 0.2) is 109 Å². The Morgan fingerprint density at radius 3 is 0.808 bits per heavy atom. The summed E-state index contributed by atoms with van der Waals surface area (Å²) >= 11 is 0. The van der Waals surface area contributed by atoms with E-state index < -0.39 is 17.8 Å². The summed E-state index contributed by atoms with van der Waals surface area (Å²) in [5.41, 5.74) is 11.0. The van der Waals surface area contributed by atoms with Gasteiger partial charge in [-0.2, -0.15) is 5.26 Å². The highest BCUT2D eigenvalue weighted by molar-refractivity contribution is 5.86. The molecule has 0 fully saturated rings. The number of carbonyl (C=O) groups is 1. The molecule has 4 rings (SSSR count). The molecule has 1 atom stereocenters. The SMILES string of the molecule is CCCCN(CCCC)c1ccc(C(=CC(C=C(c2ccc(N(CCCC)CCCC)cc2)c2ccc(N(CCCC)CCCC)cc2)C(C#N)C(=O)OCC)c2ccc(N(CCCC)CCCC)cc2)cc1. The van der Waals surface area contributed by atoms with E-state index in [1.54, 1.807) is 0 Å². The van der Waals surface area contributed by atoms with Crippen LogP contribution in [0.3, 0.4) is 0 Å². The first kappa shape index (κ1) is 60.1. The van der Waals surface area contributed by atoms with E-state index in [1.165, 1.54) is 22.7 Å². The normalized spacial score (nSPS) is 11.5. The molecule has 0 aliphatic carbocycles. The van der Waals surface area contributed by atoms with Crippen molar-refractivity contribution < 1.29 is 9.53 Å². The molecule has 0 bridgehead atoms. The number of hydrogen-bond acceptors (Lipinski definition) is 7. The van der Waals surface area contributed by atoms with Gasteiger partial charge in [-0.15, -0.1) is 0 Å². The van der Waals surface area contributed by atoms with Gasteiger partial charge in [0.1, 0.15) is 0 Å². The van der Waals surface area contributed by atoms with Crippen molar-refractivity contribution in [2.75, 3.05) is 78.6 Å². The maximum atomic E-state index is 14.2. The minimum Gasteiger partial charge on any atom is -0.465 e. The van der Waals surface area contributed by atoms with E-state index in [2.05, 4.69) is 190 Å². The highest BCUT2D eigenvalue weighted by atomic mass is 16.5. The molecular weight excluding hydrogens is 895 g/mol. The van der Waals surface area contributed by atoms with E-state index in [1.807, 2.05) is 6.92 Å². The molecule has 0 N–H and O–H groups in total. The van der Waals surface area contributed by atoms with Gasteiger partial charge in [-0.1, -0.05) is 167 Å². The summed E-state index contributed by atoms with van der Waals surface area (Å²) in [6.07, 6.45) is 22.7. The van der Waals surface area contributed by atoms with Crippen molar-refractivity contribution in [3.05, 3.63) is 131 Å². The number of anilines is 4. The Hall–Kier alpha value is -5.48. The third-order valence-corrected chi connectivity index (χ3v) is 14.2. The van der Waals surface area contributed by atoms with Crippen LogP contribution in [0.5, 0.6) is 0 Å². The maximum absolute atomic E-state index is 14.2. The molecule has 0 aromatic heterocycles. The molecular formula is C66H97N5O2. The van der Waals surface area contributed by atoms with E-state index in [0.717, 1.165) is 188 Å². The summed E-state index contributed by atoms with van der Waals surface area (Å²) in [6.45, 7) is 28.3. The smallest absolute Gasteiger partial charge is 0.324 e. The van der Waals surface area contributed by atoms with Crippen LogP contribution < -0.4 is 19.6 Å². The van der Waals surface area contributed by atoms with Crippen LogP contribution in [0.1, 0.15) is 187 Å². The lowest BCUT2D eigenvalue weighted by Gasteiger charge is -2.26. The number of ether oxygens (including phenoxy) is 1. The zero-order chi connectivity index (χ0) is 52.6. The lowest BCUT2D eigenvalue weighted by molar-refractivity contribution is -0.146. The summed E-state index contributed by atoms with van der Waals surface area (Å²) in [5.74, 6) is -2.23. The van der Waals surface area contributed by atoms with Crippen LogP contribution in [0.25, 0.3) is 11.1 Å². The van der Waals surface area contributed by atoms with Gasteiger partial charge in [0.2, 0.25) is 0 Å². The van der Waals surface area contributed by atoms with Crippen molar-refractivity contribution in [2.24, 2.45) is 11.8 Å². The summed E-state index contributed by atoms with van der Waals surface area (Å²) in [7, 11) is 0. The minimum atomic E-state index is -1.09. The molecule has 0 amide bonds.